The van der Waals surface area contributed by atoms with Gasteiger partial charge in [0.05, 0.1) is 10.6 Å². The van der Waals surface area contributed by atoms with Crippen LogP contribution in [0.15, 0.2) is 108 Å². The van der Waals surface area contributed by atoms with Crippen molar-refractivity contribution >= 4 is 27.5 Å². The van der Waals surface area contributed by atoms with E-state index in [0.717, 1.165) is 27.8 Å². The second kappa shape index (κ2) is 14.8. The molecule has 0 radical (unpaired) electrons. The third-order valence-corrected chi connectivity index (χ3v) is 9.67. The molecule has 8 heteroatoms. The van der Waals surface area contributed by atoms with Gasteiger partial charge in [-0.2, -0.15) is 0 Å². The summed E-state index contributed by atoms with van der Waals surface area (Å²) in [6.45, 7) is 11.2. The van der Waals surface area contributed by atoms with Crippen molar-refractivity contribution in [3.8, 4) is 0 Å². The summed E-state index contributed by atoms with van der Waals surface area (Å²) < 4.78 is 29.9. The lowest BCUT2D eigenvalue weighted by atomic mass is 10.00. The van der Waals surface area contributed by atoms with Crippen LogP contribution < -0.4 is 9.62 Å². The van der Waals surface area contributed by atoms with Crippen molar-refractivity contribution in [2.45, 2.75) is 77.4 Å². The molecular weight excluding hydrogens is 595 g/mol. The van der Waals surface area contributed by atoms with E-state index in [2.05, 4.69) is 5.32 Å². The van der Waals surface area contributed by atoms with Gasteiger partial charge in [0.2, 0.25) is 11.8 Å². The topological polar surface area (TPSA) is 86.8 Å². The van der Waals surface area contributed by atoms with E-state index in [1.165, 1.54) is 4.31 Å². The predicted molar refractivity (Wildman–Crippen MR) is 185 cm³/mol. The van der Waals surface area contributed by atoms with E-state index in [9.17, 15) is 18.0 Å². The SMILES string of the molecule is CCc1ccccc1N(CC(=O)N(Cc1ccccc1C)[C@H](Cc1ccccc1)C(=O)NC(C)(C)C)S(=O)(=O)c1ccc(C)cc1. The van der Waals surface area contributed by atoms with Crippen LogP contribution in [0.1, 0.15) is 55.5 Å². The molecule has 0 fully saturated rings. The smallest absolute Gasteiger partial charge is 0.264 e. The molecule has 46 heavy (non-hydrogen) atoms. The molecular formula is C38H45N3O4S. The highest BCUT2D eigenvalue weighted by Gasteiger charge is 2.36. The molecule has 242 valence electrons. The first kappa shape index (κ1) is 34.4. The fraction of sp³-hybridized carbons (Fsp3) is 0.316. The Morgan fingerprint density at radius 3 is 1.98 bits per heavy atom. The lowest BCUT2D eigenvalue weighted by Gasteiger charge is -2.36. The monoisotopic (exact) mass is 639 g/mol. The Morgan fingerprint density at radius 2 is 1.37 bits per heavy atom. The number of hydrogen-bond acceptors (Lipinski definition) is 4. The van der Waals surface area contributed by atoms with Crippen LogP contribution in [0.3, 0.4) is 0 Å². The van der Waals surface area contributed by atoms with Crippen LogP contribution >= 0.6 is 0 Å². The molecule has 0 saturated heterocycles. The number of benzene rings is 4. The van der Waals surface area contributed by atoms with Crippen molar-refractivity contribution in [3.63, 3.8) is 0 Å². The first-order valence-electron chi connectivity index (χ1n) is 15.7. The number of aryl methyl sites for hydroxylation is 3. The standard InChI is InChI=1S/C38H45N3O4S/c1-7-31-18-13-14-20-34(31)41(46(44,45)33-23-21-28(2)22-24-33)27-36(42)40(26-32-19-12-11-15-29(32)3)35(37(43)39-38(4,5)6)25-30-16-9-8-10-17-30/h8-24,35H,7,25-27H2,1-6H3,(H,39,43)/t35-/m1/s1. The molecule has 0 saturated carbocycles. The summed E-state index contributed by atoms with van der Waals surface area (Å²) in [5.41, 5.74) is 4.34. The van der Waals surface area contributed by atoms with E-state index >= 15 is 0 Å². The molecule has 4 rings (SSSR count). The molecule has 0 aliphatic rings. The minimum Gasteiger partial charge on any atom is -0.350 e. The number of anilines is 1. The maximum absolute atomic E-state index is 14.7. The fourth-order valence-corrected chi connectivity index (χ4v) is 6.83. The zero-order chi connectivity index (χ0) is 33.5. The average molecular weight is 640 g/mol. The van der Waals surface area contributed by atoms with Crippen LogP contribution in [-0.2, 0) is 39.0 Å². The van der Waals surface area contributed by atoms with Crippen molar-refractivity contribution in [1.29, 1.82) is 0 Å². The van der Waals surface area contributed by atoms with E-state index in [1.807, 2.05) is 108 Å². The van der Waals surface area contributed by atoms with Gasteiger partial charge >= 0.3 is 0 Å². The second-order valence-electron chi connectivity index (χ2n) is 12.7. The van der Waals surface area contributed by atoms with Gasteiger partial charge in [-0.05, 0) is 81.5 Å². The number of carbonyl (C=O) groups is 2. The molecule has 1 atom stereocenters. The third kappa shape index (κ3) is 8.63. The van der Waals surface area contributed by atoms with Gasteiger partial charge in [0.25, 0.3) is 10.0 Å². The van der Waals surface area contributed by atoms with Gasteiger partial charge in [-0.15, -0.1) is 0 Å². The first-order chi connectivity index (χ1) is 21.8. The number of nitrogens with zero attached hydrogens (tertiary/aromatic N) is 2. The molecule has 0 aliphatic heterocycles. The van der Waals surface area contributed by atoms with E-state index in [0.29, 0.717) is 12.1 Å². The number of para-hydroxylation sites is 1. The van der Waals surface area contributed by atoms with Gasteiger partial charge in [0, 0.05) is 18.5 Å². The molecule has 2 amide bonds. The van der Waals surface area contributed by atoms with E-state index in [-0.39, 0.29) is 23.8 Å². The Labute approximate surface area is 274 Å². The highest BCUT2D eigenvalue weighted by Crippen LogP contribution is 2.29. The number of nitrogens with one attached hydrogen (secondary N) is 1. The Morgan fingerprint density at radius 1 is 0.783 bits per heavy atom. The van der Waals surface area contributed by atoms with Crippen LogP contribution in [0, 0.1) is 13.8 Å². The number of rotatable bonds is 12. The quantitative estimate of drug-likeness (QED) is 0.189. The predicted octanol–water partition coefficient (Wildman–Crippen LogP) is 6.62. The van der Waals surface area contributed by atoms with Crippen LogP contribution in [-0.4, -0.2) is 43.3 Å². The lowest BCUT2D eigenvalue weighted by Crippen LogP contribution is -2.56. The van der Waals surface area contributed by atoms with Gasteiger partial charge < -0.3 is 10.2 Å². The Kier molecular flexibility index (Phi) is 11.1. The van der Waals surface area contributed by atoms with Crippen LogP contribution in [0.5, 0.6) is 0 Å². The maximum atomic E-state index is 14.7. The van der Waals surface area contributed by atoms with Crippen molar-refractivity contribution in [3.05, 3.63) is 131 Å². The highest BCUT2D eigenvalue weighted by atomic mass is 32.2. The van der Waals surface area contributed by atoms with Crippen molar-refractivity contribution in [1.82, 2.24) is 10.2 Å². The molecule has 0 aliphatic carbocycles. The lowest BCUT2D eigenvalue weighted by molar-refractivity contribution is -0.140. The first-order valence-corrected chi connectivity index (χ1v) is 17.1. The minimum absolute atomic E-state index is 0.0913. The molecule has 4 aromatic rings. The van der Waals surface area contributed by atoms with E-state index in [4.69, 9.17) is 0 Å². The molecule has 0 spiro atoms. The normalized spacial score (nSPS) is 12.3. The summed E-state index contributed by atoms with van der Waals surface area (Å²) in [7, 11) is -4.16. The summed E-state index contributed by atoms with van der Waals surface area (Å²) in [4.78, 5) is 30.4. The number of amides is 2. The number of carbonyl (C=O) groups excluding carboxylic acids is 2. The molecule has 0 aromatic heterocycles. The zero-order valence-corrected chi connectivity index (χ0v) is 28.5. The van der Waals surface area contributed by atoms with Crippen LogP contribution in [0.4, 0.5) is 5.69 Å². The molecule has 0 bridgehead atoms. The summed E-state index contributed by atoms with van der Waals surface area (Å²) in [5.74, 6) is -0.782. The minimum atomic E-state index is -4.16. The Bertz CT molecular complexity index is 1750. The summed E-state index contributed by atoms with van der Waals surface area (Å²) in [6, 6.07) is 30.3. The summed E-state index contributed by atoms with van der Waals surface area (Å²) >= 11 is 0. The van der Waals surface area contributed by atoms with Gasteiger partial charge in [0.15, 0.2) is 0 Å². The average Bonchev–Trinajstić information content (AvgIpc) is 3.02. The maximum Gasteiger partial charge on any atom is 0.264 e. The largest absolute Gasteiger partial charge is 0.350 e. The Hall–Kier alpha value is -4.43. The highest BCUT2D eigenvalue weighted by molar-refractivity contribution is 7.92. The van der Waals surface area contributed by atoms with Crippen molar-refractivity contribution in [2.24, 2.45) is 0 Å². The molecule has 7 nitrogen and oxygen atoms in total. The van der Waals surface area contributed by atoms with Crippen molar-refractivity contribution < 1.29 is 18.0 Å². The second-order valence-corrected chi connectivity index (χ2v) is 14.6. The molecule has 1 N–H and O–H groups in total. The van der Waals surface area contributed by atoms with E-state index < -0.39 is 34.1 Å². The van der Waals surface area contributed by atoms with Gasteiger partial charge in [-0.25, -0.2) is 8.42 Å². The molecule has 4 aromatic carbocycles. The van der Waals surface area contributed by atoms with Crippen LogP contribution in [0.25, 0.3) is 0 Å². The number of hydrogen-bond donors (Lipinski definition) is 1. The fourth-order valence-electron chi connectivity index (χ4n) is 5.38. The molecule has 0 unspecified atom stereocenters. The van der Waals surface area contributed by atoms with Crippen molar-refractivity contribution in [2.75, 3.05) is 10.8 Å². The summed E-state index contributed by atoms with van der Waals surface area (Å²) in [6.07, 6.45) is 0.832. The van der Waals surface area contributed by atoms with Gasteiger partial charge in [-0.1, -0.05) is 97.4 Å². The number of sulfonamides is 1. The summed E-state index contributed by atoms with van der Waals surface area (Å²) in [5, 5.41) is 3.08. The van der Waals surface area contributed by atoms with Crippen LogP contribution in [0.2, 0.25) is 0 Å². The van der Waals surface area contributed by atoms with E-state index in [1.54, 1.807) is 41.3 Å². The van der Waals surface area contributed by atoms with Gasteiger partial charge in [0.1, 0.15) is 12.6 Å². The van der Waals surface area contributed by atoms with Gasteiger partial charge in [-0.3, -0.25) is 13.9 Å². The molecule has 0 heterocycles. The third-order valence-electron chi connectivity index (χ3n) is 7.90. The Balaban J connectivity index is 1.85. The zero-order valence-electron chi connectivity index (χ0n) is 27.7.